The molecule has 3 aromatic rings. The number of hydrogen-bond acceptors (Lipinski definition) is 6. The molecule has 0 spiro atoms. The molecule has 0 unspecified atom stereocenters. The van der Waals surface area contributed by atoms with Crippen molar-refractivity contribution in [1.29, 1.82) is 0 Å². The molecule has 136 valence electrons. The first-order valence-corrected chi connectivity index (χ1v) is 8.54. The fraction of sp³-hybridized carbons (Fsp3) is 0.0526. The third kappa shape index (κ3) is 4.48. The first-order chi connectivity index (χ1) is 12.9. The highest BCUT2D eigenvalue weighted by molar-refractivity contribution is 9.10. The lowest BCUT2D eigenvalue weighted by Gasteiger charge is -2.06. The Morgan fingerprint density at radius 2 is 2.00 bits per heavy atom. The van der Waals surface area contributed by atoms with Gasteiger partial charge < -0.3 is 9.15 Å². The van der Waals surface area contributed by atoms with Crippen LogP contribution in [-0.4, -0.2) is 10.9 Å². The van der Waals surface area contributed by atoms with Crippen LogP contribution in [0.1, 0.15) is 11.1 Å². The number of nitro groups is 1. The van der Waals surface area contributed by atoms with Crippen molar-refractivity contribution in [2.24, 2.45) is 0 Å². The molecule has 0 N–H and O–H groups in total. The number of hydrogen-bond donors (Lipinski definition) is 0. The Morgan fingerprint density at radius 3 is 2.78 bits per heavy atom. The molecule has 2 aromatic carbocycles. The number of carbonyl (C=O) groups is 1. The predicted molar refractivity (Wildman–Crippen MR) is 102 cm³/mol. The van der Waals surface area contributed by atoms with Crippen LogP contribution in [0.2, 0.25) is 0 Å². The molecule has 8 heteroatoms. The molecule has 7 nitrogen and oxygen atoms in total. The second-order valence-electron chi connectivity index (χ2n) is 5.49. The molecule has 0 aliphatic heterocycles. The number of ether oxygens (including phenoxy) is 1. The minimum Gasteiger partial charge on any atom is -0.458 e. The monoisotopic (exact) mass is 429 g/mol. The van der Waals surface area contributed by atoms with Gasteiger partial charge in [0.15, 0.2) is 0 Å². The van der Waals surface area contributed by atoms with E-state index in [0.29, 0.717) is 16.5 Å². The lowest BCUT2D eigenvalue weighted by molar-refractivity contribution is -0.385. The van der Waals surface area contributed by atoms with Gasteiger partial charge in [0.25, 0.3) is 5.69 Å². The lowest BCUT2D eigenvalue weighted by atomic mass is 10.1. The van der Waals surface area contributed by atoms with Crippen LogP contribution < -0.4 is 5.63 Å². The zero-order chi connectivity index (χ0) is 19.4. The van der Waals surface area contributed by atoms with Crippen LogP contribution in [0, 0.1) is 10.1 Å². The van der Waals surface area contributed by atoms with E-state index in [-0.39, 0.29) is 17.9 Å². The summed E-state index contributed by atoms with van der Waals surface area (Å²) < 4.78 is 11.0. The number of benzene rings is 2. The van der Waals surface area contributed by atoms with E-state index in [0.717, 1.165) is 10.5 Å². The van der Waals surface area contributed by atoms with E-state index in [1.165, 1.54) is 30.3 Å². The van der Waals surface area contributed by atoms with Crippen LogP contribution in [0.5, 0.6) is 0 Å². The average molecular weight is 430 g/mol. The normalized spacial score (nSPS) is 11.0. The van der Waals surface area contributed by atoms with Gasteiger partial charge in [0, 0.05) is 33.6 Å². The molecule has 0 fully saturated rings. The van der Waals surface area contributed by atoms with E-state index in [9.17, 15) is 19.7 Å². The van der Waals surface area contributed by atoms with Crippen molar-refractivity contribution in [2.45, 2.75) is 6.61 Å². The fourth-order valence-corrected chi connectivity index (χ4v) is 2.81. The van der Waals surface area contributed by atoms with Gasteiger partial charge in [0.05, 0.1) is 10.5 Å². The molecule has 0 radical (unpaired) electrons. The van der Waals surface area contributed by atoms with E-state index < -0.39 is 16.5 Å². The van der Waals surface area contributed by atoms with Gasteiger partial charge in [-0.2, -0.15) is 0 Å². The number of fused-ring (bicyclic) bond motifs is 1. The summed E-state index contributed by atoms with van der Waals surface area (Å²) in [5.41, 5.74) is 0.496. The summed E-state index contributed by atoms with van der Waals surface area (Å²) in [6.45, 7) is -0.135. The van der Waals surface area contributed by atoms with Crippen molar-refractivity contribution in [3.8, 4) is 0 Å². The van der Waals surface area contributed by atoms with E-state index >= 15 is 0 Å². The Morgan fingerprint density at radius 1 is 1.22 bits per heavy atom. The molecule has 27 heavy (non-hydrogen) atoms. The van der Waals surface area contributed by atoms with Crippen LogP contribution in [0.4, 0.5) is 5.69 Å². The van der Waals surface area contributed by atoms with E-state index in [4.69, 9.17) is 9.15 Å². The molecule has 0 saturated heterocycles. The molecule has 0 saturated carbocycles. The summed E-state index contributed by atoms with van der Waals surface area (Å²) in [4.78, 5) is 34.1. The van der Waals surface area contributed by atoms with Gasteiger partial charge in [0.1, 0.15) is 12.2 Å². The quantitative estimate of drug-likeness (QED) is 0.198. The maximum absolute atomic E-state index is 12.0. The summed E-state index contributed by atoms with van der Waals surface area (Å²) in [5, 5.41) is 11.6. The number of halogens is 1. The Labute approximate surface area is 161 Å². The highest BCUT2D eigenvalue weighted by atomic mass is 79.9. The molecular formula is C19H12BrNO6. The van der Waals surface area contributed by atoms with Crippen molar-refractivity contribution in [1.82, 2.24) is 0 Å². The average Bonchev–Trinajstić information content (AvgIpc) is 2.64. The smallest absolute Gasteiger partial charge is 0.336 e. The third-order valence-electron chi connectivity index (χ3n) is 3.69. The topological polar surface area (TPSA) is 99.6 Å². The SMILES string of the molecule is O=C(C=Cc1ccccc1[N+](=O)[O-])OCc1cc(=O)oc2cc(Br)ccc12. The molecular weight excluding hydrogens is 418 g/mol. The van der Waals surface area contributed by atoms with Gasteiger partial charge in [0.2, 0.25) is 0 Å². The second kappa shape index (κ2) is 7.96. The zero-order valence-corrected chi connectivity index (χ0v) is 15.3. The van der Waals surface area contributed by atoms with Gasteiger partial charge >= 0.3 is 11.6 Å². The zero-order valence-electron chi connectivity index (χ0n) is 13.8. The largest absolute Gasteiger partial charge is 0.458 e. The van der Waals surface area contributed by atoms with Crippen LogP contribution in [0.25, 0.3) is 17.0 Å². The Hall–Kier alpha value is -3.26. The minimum absolute atomic E-state index is 0.112. The standard InChI is InChI=1S/C19H12BrNO6/c20-14-6-7-15-13(9-19(23)27-17(15)10-14)11-26-18(22)8-5-12-3-1-2-4-16(12)21(24)25/h1-10H,11H2. The van der Waals surface area contributed by atoms with Crippen molar-refractivity contribution in [3.05, 3.63) is 90.7 Å². The molecule has 0 bridgehead atoms. The first-order valence-electron chi connectivity index (χ1n) is 7.74. The second-order valence-corrected chi connectivity index (χ2v) is 6.40. The van der Waals surface area contributed by atoms with Gasteiger partial charge in [-0.05, 0) is 30.3 Å². The number of nitrogens with zero attached hydrogens (tertiary/aromatic N) is 1. The van der Waals surface area contributed by atoms with Crippen LogP contribution in [-0.2, 0) is 16.1 Å². The summed E-state index contributed by atoms with van der Waals surface area (Å²) in [6.07, 6.45) is 2.42. The lowest BCUT2D eigenvalue weighted by Crippen LogP contribution is -2.05. The summed E-state index contributed by atoms with van der Waals surface area (Å²) in [7, 11) is 0. The fourth-order valence-electron chi connectivity index (χ4n) is 2.47. The van der Waals surface area contributed by atoms with E-state index in [1.807, 2.05) is 0 Å². The Bertz CT molecular complexity index is 1120. The molecule has 0 aliphatic rings. The molecule has 1 aromatic heterocycles. The van der Waals surface area contributed by atoms with Crippen molar-refractivity contribution in [3.63, 3.8) is 0 Å². The summed E-state index contributed by atoms with van der Waals surface area (Å²) in [6, 6.07) is 12.5. The van der Waals surface area contributed by atoms with Crippen molar-refractivity contribution in [2.75, 3.05) is 0 Å². The van der Waals surface area contributed by atoms with Gasteiger partial charge in [-0.1, -0.05) is 28.1 Å². The number of nitro benzene ring substituents is 1. The maximum atomic E-state index is 12.0. The number of carbonyl (C=O) groups excluding carboxylic acids is 1. The molecule has 3 rings (SSSR count). The van der Waals surface area contributed by atoms with E-state index in [1.54, 1.807) is 24.3 Å². The van der Waals surface area contributed by atoms with Gasteiger partial charge in [-0.15, -0.1) is 0 Å². The van der Waals surface area contributed by atoms with Crippen molar-refractivity contribution < 1.29 is 18.9 Å². The Kier molecular flexibility index (Phi) is 5.46. The third-order valence-corrected chi connectivity index (χ3v) is 4.19. The molecule has 0 atom stereocenters. The number of para-hydroxylation sites is 1. The molecule has 0 amide bonds. The minimum atomic E-state index is -0.688. The van der Waals surface area contributed by atoms with Gasteiger partial charge in [-0.3, -0.25) is 10.1 Å². The first kappa shape index (κ1) is 18.5. The molecule has 0 aliphatic carbocycles. The number of esters is 1. The Balaban J connectivity index is 1.76. The summed E-state index contributed by atoms with van der Waals surface area (Å²) >= 11 is 3.30. The highest BCUT2D eigenvalue weighted by Crippen LogP contribution is 2.22. The van der Waals surface area contributed by atoms with Crippen LogP contribution in [0.15, 0.2) is 68.3 Å². The highest BCUT2D eigenvalue weighted by Gasteiger charge is 2.11. The number of rotatable bonds is 5. The maximum Gasteiger partial charge on any atom is 0.336 e. The van der Waals surface area contributed by atoms with Crippen LogP contribution >= 0.6 is 15.9 Å². The van der Waals surface area contributed by atoms with Crippen LogP contribution in [0.3, 0.4) is 0 Å². The molecule has 1 heterocycles. The summed E-state index contributed by atoms with van der Waals surface area (Å²) in [5.74, 6) is -0.688. The predicted octanol–water partition coefficient (Wildman–Crippen LogP) is 4.22. The van der Waals surface area contributed by atoms with Crippen molar-refractivity contribution >= 4 is 44.6 Å². The van der Waals surface area contributed by atoms with E-state index in [2.05, 4.69) is 15.9 Å². The van der Waals surface area contributed by atoms with Gasteiger partial charge in [-0.25, -0.2) is 9.59 Å².